The standard InChI is InChI=1S/C19H35N7O/c1-20-19(21-6-3-4-7-24-10-8-23(2)9-11-24)26-14-12-25(13-15-26)17-18-5-16-27-22-18/h5,16H,3-4,6-15,17H2,1-2H3,(H,20,21). The van der Waals surface area contributed by atoms with Crippen molar-refractivity contribution in [2.75, 3.05) is 79.5 Å². The van der Waals surface area contributed by atoms with Crippen LogP contribution in [0.3, 0.4) is 0 Å². The molecular formula is C19H35N7O. The van der Waals surface area contributed by atoms with Crippen molar-refractivity contribution in [3.05, 3.63) is 18.0 Å². The third-order valence-electron chi connectivity index (χ3n) is 5.54. The Labute approximate surface area is 163 Å². The molecule has 0 bridgehead atoms. The van der Waals surface area contributed by atoms with Gasteiger partial charge in [0.1, 0.15) is 6.26 Å². The minimum Gasteiger partial charge on any atom is -0.364 e. The van der Waals surface area contributed by atoms with Gasteiger partial charge in [0.25, 0.3) is 0 Å². The van der Waals surface area contributed by atoms with Gasteiger partial charge in [0, 0.05) is 78.6 Å². The number of likely N-dealkylation sites (N-methyl/N-ethyl adjacent to an activating group) is 1. The van der Waals surface area contributed by atoms with Crippen molar-refractivity contribution < 1.29 is 4.52 Å². The molecule has 2 aliphatic rings. The van der Waals surface area contributed by atoms with Gasteiger partial charge in [0.15, 0.2) is 5.96 Å². The zero-order valence-corrected chi connectivity index (χ0v) is 16.9. The van der Waals surface area contributed by atoms with Gasteiger partial charge in [0.05, 0.1) is 5.69 Å². The van der Waals surface area contributed by atoms with Gasteiger partial charge < -0.3 is 24.5 Å². The molecule has 3 rings (SSSR count). The SMILES string of the molecule is CN=C(NCCCCN1CCN(C)CC1)N1CCN(Cc2ccon2)CC1. The number of hydrogen-bond donors (Lipinski definition) is 1. The fourth-order valence-electron chi connectivity index (χ4n) is 3.73. The summed E-state index contributed by atoms with van der Waals surface area (Å²) in [6.07, 6.45) is 4.08. The van der Waals surface area contributed by atoms with Gasteiger partial charge in [-0.1, -0.05) is 5.16 Å². The minimum absolute atomic E-state index is 0.864. The highest BCUT2D eigenvalue weighted by atomic mass is 16.5. The Morgan fingerprint density at radius 2 is 1.81 bits per heavy atom. The number of nitrogens with one attached hydrogen (secondary N) is 1. The van der Waals surface area contributed by atoms with Gasteiger partial charge in [-0.25, -0.2) is 0 Å². The topological polar surface area (TPSA) is 63.4 Å². The van der Waals surface area contributed by atoms with Crippen LogP contribution >= 0.6 is 0 Å². The summed E-state index contributed by atoms with van der Waals surface area (Å²) in [7, 11) is 4.09. The Morgan fingerprint density at radius 3 is 2.48 bits per heavy atom. The van der Waals surface area contributed by atoms with E-state index in [0.29, 0.717) is 0 Å². The summed E-state index contributed by atoms with van der Waals surface area (Å²) in [6, 6.07) is 1.94. The second-order valence-corrected chi connectivity index (χ2v) is 7.58. The van der Waals surface area contributed by atoms with Crippen LogP contribution in [0, 0.1) is 0 Å². The zero-order valence-electron chi connectivity index (χ0n) is 16.9. The largest absolute Gasteiger partial charge is 0.364 e. The molecule has 152 valence electrons. The highest BCUT2D eigenvalue weighted by molar-refractivity contribution is 5.79. The predicted molar refractivity (Wildman–Crippen MR) is 108 cm³/mol. The second kappa shape index (κ2) is 10.6. The number of aliphatic imine (C=N–C) groups is 1. The average Bonchev–Trinajstić information content (AvgIpc) is 3.20. The minimum atomic E-state index is 0.864. The Kier molecular flexibility index (Phi) is 7.92. The molecule has 0 saturated carbocycles. The average molecular weight is 378 g/mol. The lowest BCUT2D eigenvalue weighted by Crippen LogP contribution is -2.52. The van der Waals surface area contributed by atoms with Crippen LogP contribution in [0.2, 0.25) is 0 Å². The quantitative estimate of drug-likeness (QED) is 0.419. The molecule has 8 heteroatoms. The molecule has 0 atom stereocenters. The molecule has 0 amide bonds. The fourth-order valence-corrected chi connectivity index (χ4v) is 3.73. The number of piperazine rings is 2. The number of unbranched alkanes of at least 4 members (excludes halogenated alkanes) is 1. The molecule has 2 aliphatic heterocycles. The normalized spacial score (nSPS) is 21.0. The molecule has 0 radical (unpaired) electrons. The van der Waals surface area contributed by atoms with Crippen molar-refractivity contribution in [1.82, 2.24) is 30.1 Å². The van der Waals surface area contributed by atoms with Crippen molar-refractivity contribution in [1.29, 1.82) is 0 Å². The van der Waals surface area contributed by atoms with Gasteiger partial charge in [-0.3, -0.25) is 9.89 Å². The Hall–Kier alpha value is -1.64. The van der Waals surface area contributed by atoms with E-state index < -0.39 is 0 Å². The molecule has 0 spiro atoms. The molecule has 3 heterocycles. The molecule has 2 saturated heterocycles. The van der Waals surface area contributed by atoms with E-state index in [0.717, 1.165) is 50.9 Å². The molecule has 0 aromatic carbocycles. The summed E-state index contributed by atoms with van der Waals surface area (Å²) < 4.78 is 4.92. The van der Waals surface area contributed by atoms with Crippen LogP contribution in [0.4, 0.5) is 0 Å². The van der Waals surface area contributed by atoms with Crippen LogP contribution in [0.15, 0.2) is 21.8 Å². The Morgan fingerprint density at radius 1 is 1.07 bits per heavy atom. The summed E-state index contributed by atoms with van der Waals surface area (Å²) in [5.41, 5.74) is 1.01. The van der Waals surface area contributed by atoms with Gasteiger partial charge in [0.2, 0.25) is 0 Å². The lowest BCUT2D eigenvalue weighted by Gasteiger charge is -2.36. The van der Waals surface area contributed by atoms with Crippen LogP contribution in [-0.2, 0) is 6.54 Å². The highest BCUT2D eigenvalue weighted by Gasteiger charge is 2.20. The summed E-state index contributed by atoms with van der Waals surface area (Å²) in [6.45, 7) is 12.0. The van der Waals surface area contributed by atoms with Crippen LogP contribution in [-0.4, -0.2) is 110 Å². The first-order chi connectivity index (χ1) is 13.2. The van der Waals surface area contributed by atoms with Crippen molar-refractivity contribution in [3.63, 3.8) is 0 Å². The van der Waals surface area contributed by atoms with E-state index in [-0.39, 0.29) is 0 Å². The molecular weight excluding hydrogens is 342 g/mol. The van der Waals surface area contributed by atoms with Crippen LogP contribution < -0.4 is 5.32 Å². The third-order valence-corrected chi connectivity index (χ3v) is 5.54. The number of nitrogens with zero attached hydrogens (tertiary/aromatic N) is 6. The molecule has 1 aromatic heterocycles. The summed E-state index contributed by atoms with van der Waals surface area (Å²) in [5.74, 6) is 1.04. The van der Waals surface area contributed by atoms with Crippen molar-refractivity contribution >= 4 is 5.96 Å². The second-order valence-electron chi connectivity index (χ2n) is 7.58. The number of guanidine groups is 1. The Balaban J connectivity index is 1.28. The van der Waals surface area contributed by atoms with E-state index in [1.165, 1.54) is 45.6 Å². The van der Waals surface area contributed by atoms with Gasteiger partial charge >= 0.3 is 0 Å². The van der Waals surface area contributed by atoms with Crippen LogP contribution in [0.1, 0.15) is 18.5 Å². The smallest absolute Gasteiger partial charge is 0.193 e. The monoisotopic (exact) mass is 377 g/mol. The van der Waals surface area contributed by atoms with E-state index in [4.69, 9.17) is 4.52 Å². The van der Waals surface area contributed by atoms with Gasteiger partial charge in [-0.15, -0.1) is 0 Å². The molecule has 0 unspecified atom stereocenters. The van der Waals surface area contributed by atoms with Gasteiger partial charge in [-0.2, -0.15) is 0 Å². The lowest BCUT2D eigenvalue weighted by molar-refractivity contribution is 0.152. The third kappa shape index (κ3) is 6.48. The first kappa shape index (κ1) is 20.1. The first-order valence-electron chi connectivity index (χ1n) is 10.2. The first-order valence-corrected chi connectivity index (χ1v) is 10.2. The predicted octanol–water partition coefficient (Wildman–Crippen LogP) is 0.395. The molecule has 2 fully saturated rings. The van der Waals surface area contributed by atoms with Crippen LogP contribution in [0.25, 0.3) is 0 Å². The van der Waals surface area contributed by atoms with Crippen molar-refractivity contribution in [3.8, 4) is 0 Å². The molecule has 1 aromatic rings. The van der Waals surface area contributed by atoms with Crippen molar-refractivity contribution in [2.45, 2.75) is 19.4 Å². The maximum absolute atomic E-state index is 4.92. The van der Waals surface area contributed by atoms with Crippen LogP contribution in [0.5, 0.6) is 0 Å². The van der Waals surface area contributed by atoms with E-state index >= 15 is 0 Å². The number of rotatable bonds is 7. The molecule has 8 nitrogen and oxygen atoms in total. The van der Waals surface area contributed by atoms with E-state index in [9.17, 15) is 0 Å². The van der Waals surface area contributed by atoms with E-state index in [1.807, 2.05) is 13.1 Å². The van der Waals surface area contributed by atoms with Gasteiger partial charge in [-0.05, 0) is 26.4 Å². The lowest BCUT2D eigenvalue weighted by atomic mass is 10.2. The highest BCUT2D eigenvalue weighted by Crippen LogP contribution is 2.07. The maximum Gasteiger partial charge on any atom is 0.193 e. The zero-order chi connectivity index (χ0) is 18.9. The van der Waals surface area contributed by atoms with E-state index in [1.54, 1.807) is 6.26 Å². The number of hydrogen-bond acceptors (Lipinski definition) is 6. The number of aromatic nitrogens is 1. The summed E-state index contributed by atoms with van der Waals surface area (Å²) in [5, 5.41) is 7.55. The van der Waals surface area contributed by atoms with Crippen molar-refractivity contribution in [2.24, 2.45) is 4.99 Å². The fraction of sp³-hybridized carbons (Fsp3) is 0.789. The maximum atomic E-state index is 4.92. The molecule has 1 N–H and O–H groups in total. The summed E-state index contributed by atoms with van der Waals surface area (Å²) in [4.78, 5) is 14.2. The van der Waals surface area contributed by atoms with E-state index in [2.05, 4.69) is 42.1 Å². The summed E-state index contributed by atoms with van der Waals surface area (Å²) >= 11 is 0. The molecule has 27 heavy (non-hydrogen) atoms. The Bertz CT molecular complexity index is 546. The molecule has 0 aliphatic carbocycles.